The Kier molecular flexibility index (Phi) is 8.05. The van der Waals surface area contributed by atoms with E-state index in [1.807, 2.05) is 7.11 Å². The molecule has 0 aliphatic heterocycles. The predicted molar refractivity (Wildman–Crippen MR) is 171 cm³/mol. The van der Waals surface area contributed by atoms with Gasteiger partial charge < -0.3 is 4.74 Å². The van der Waals surface area contributed by atoms with Gasteiger partial charge in [0.2, 0.25) is 0 Å². The lowest BCUT2D eigenvalue weighted by Crippen LogP contribution is -2.60. The van der Waals surface area contributed by atoms with Gasteiger partial charge in [0.1, 0.15) is 0 Å². The maximum absolute atomic E-state index is 6.64. The summed E-state index contributed by atoms with van der Waals surface area (Å²) < 4.78 is 6.64. The first-order valence-corrected chi connectivity index (χ1v) is 17.5. The second kappa shape index (κ2) is 11.7. The van der Waals surface area contributed by atoms with Crippen molar-refractivity contribution in [3.63, 3.8) is 0 Å². The molecule has 0 saturated heterocycles. The number of hydrogen-bond donors (Lipinski definition) is 0. The van der Waals surface area contributed by atoms with Gasteiger partial charge >= 0.3 is 0 Å². The van der Waals surface area contributed by atoms with Crippen LogP contribution in [0.4, 0.5) is 0 Å². The Morgan fingerprint density at radius 3 is 1.21 bits per heavy atom. The minimum atomic E-state index is -0.478. The van der Waals surface area contributed by atoms with E-state index in [2.05, 4.69) is 128 Å². The van der Waals surface area contributed by atoms with Gasteiger partial charge in [-0.05, 0) is 92.3 Å². The maximum atomic E-state index is 6.64. The number of fused-ring (bicyclic) bond motifs is 3. The molecular formula is C36H40OP2. The van der Waals surface area contributed by atoms with Gasteiger partial charge in [-0.25, -0.2) is 0 Å². The molecule has 200 valence electrons. The first-order chi connectivity index (χ1) is 19.1. The molecule has 7 rings (SSSR count). The highest BCUT2D eigenvalue weighted by atomic mass is 31.1. The van der Waals surface area contributed by atoms with E-state index in [4.69, 9.17) is 4.74 Å². The van der Waals surface area contributed by atoms with Crippen molar-refractivity contribution in [2.45, 2.75) is 38.2 Å². The summed E-state index contributed by atoms with van der Waals surface area (Å²) in [5.74, 6) is 1.17. The van der Waals surface area contributed by atoms with Crippen LogP contribution in [0, 0.1) is 17.3 Å². The SMILES string of the molecule is COC12CCC(C)(CC1)C(CP(c1ccccc1)c1ccccc1)C2CP(c1ccccc1)c1ccccc1. The van der Waals surface area contributed by atoms with Gasteiger partial charge in [0, 0.05) is 7.11 Å². The first-order valence-electron chi connectivity index (χ1n) is 14.4. The standard InChI is InChI=1S/C36H40OP2/c1-35-23-25-36(37-2,26-24-35)34(28-39(31-19-11-5-12-20-31)32-21-13-6-14-22-32)33(35)27-38(29-15-7-3-8-16-29)30-17-9-4-10-18-30/h3-22,33-34H,23-28H2,1-2H3. The number of hydrogen-bond acceptors (Lipinski definition) is 1. The molecular weight excluding hydrogens is 510 g/mol. The zero-order chi connectivity index (χ0) is 26.7. The van der Waals surface area contributed by atoms with Gasteiger partial charge in [0.15, 0.2) is 0 Å². The molecule has 3 heteroatoms. The number of rotatable bonds is 9. The molecule has 39 heavy (non-hydrogen) atoms. The third kappa shape index (κ3) is 5.39. The first kappa shape index (κ1) is 26.9. The van der Waals surface area contributed by atoms with Crippen LogP contribution in [0.1, 0.15) is 32.6 Å². The molecule has 0 heterocycles. The molecule has 0 N–H and O–H groups in total. The van der Waals surface area contributed by atoms with Gasteiger partial charge in [-0.15, -0.1) is 0 Å². The highest BCUT2D eigenvalue weighted by Gasteiger charge is 2.59. The van der Waals surface area contributed by atoms with Crippen molar-refractivity contribution < 1.29 is 4.74 Å². The van der Waals surface area contributed by atoms with Crippen LogP contribution in [-0.2, 0) is 4.74 Å². The fraction of sp³-hybridized carbons (Fsp3) is 0.333. The fourth-order valence-corrected chi connectivity index (χ4v) is 13.0. The summed E-state index contributed by atoms with van der Waals surface area (Å²) in [7, 11) is 1.07. The Hall–Kier alpha value is -2.30. The molecule has 2 unspecified atom stereocenters. The fourth-order valence-electron chi connectivity index (χ4n) is 7.38. The van der Waals surface area contributed by atoms with Crippen molar-refractivity contribution in [1.82, 2.24) is 0 Å². The highest BCUT2D eigenvalue weighted by Crippen LogP contribution is 2.63. The summed E-state index contributed by atoms with van der Waals surface area (Å²) in [5, 5.41) is 5.98. The van der Waals surface area contributed by atoms with Crippen molar-refractivity contribution in [3.8, 4) is 0 Å². The molecule has 4 aromatic carbocycles. The van der Waals surface area contributed by atoms with Crippen LogP contribution in [0.5, 0.6) is 0 Å². The molecule has 1 nitrogen and oxygen atoms in total. The summed E-state index contributed by atoms with van der Waals surface area (Å²) >= 11 is 0. The van der Waals surface area contributed by atoms with Crippen molar-refractivity contribution in [2.24, 2.45) is 17.3 Å². The lowest BCUT2D eigenvalue weighted by Gasteiger charge is -2.62. The van der Waals surface area contributed by atoms with Crippen LogP contribution in [-0.4, -0.2) is 25.0 Å². The number of methoxy groups -OCH3 is 1. The molecule has 0 spiro atoms. The minimum absolute atomic E-state index is 0.0129. The summed E-state index contributed by atoms with van der Waals surface area (Å²) in [6, 6.07) is 45.3. The van der Waals surface area contributed by atoms with E-state index in [-0.39, 0.29) is 5.60 Å². The molecule has 4 aromatic rings. The smallest absolute Gasteiger partial charge is 0.0713 e. The van der Waals surface area contributed by atoms with E-state index in [1.54, 1.807) is 0 Å². The van der Waals surface area contributed by atoms with Crippen LogP contribution in [0.3, 0.4) is 0 Å². The zero-order valence-corrected chi connectivity index (χ0v) is 25.0. The Morgan fingerprint density at radius 1 is 0.538 bits per heavy atom. The van der Waals surface area contributed by atoms with Crippen molar-refractivity contribution in [2.75, 3.05) is 19.4 Å². The van der Waals surface area contributed by atoms with E-state index >= 15 is 0 Å². The van der Waals surface area contributed by atoms with Crippen LogP contribution >= 0.6 is 15.8 Å². The number of benzene rings is 4. The monoisotopic (exact) mass is 550 g/mol. The Balaban J connectivity index is 1.43. The van der Waals surface area contributed by atoms with E-state index < -0.39 is 15.8 Å². The Morgan fingerprint density at radius 2 is 0.872 bits per heavy atom. The zero-order valence-electron chi connectivity index (χ0n) is 23.2. The molecule has 0 radical (unpaired) electrons. The molecule has 3 aliphatic carbocycles. The lowest BCUT2D eigenvalue weighted by molar-refractivity contribution is -0.175. The maximum Gasteiger partial charge on any atom is 0.0713 e. The van der Waals surface area contributed by atoms with Crippen LogP contribution in [0.2, 0.25) is 0 Å². The molecule has 3 aliphatic rings. The number of ether oxygens (including phenoxy) is 1. The summed E-state index contributed by atoms with van der Waals surface area (Å²) in [6.07, 6.45) is 7.39. The normalized spacial score (nSPS) is 26.3. The molecule has 2 bridgehead atoms. The van der Waals surface area contributed by atoms with Gasteiger partial charge in [-0.2, -0.15) is 0 Å². The molecule has 3 fully saturated rings. The van der Waals surface area contributed by atoms with E-state index in [1.165, 1.54) is 59.2 Å². The van der Waals surface area contributed by atoms with E-state index in [9.17, 15) is 0 Å². The predicted octanol–water partition coefficient (Wildman–Crippen LogP) is 7.46. The molecule has 0 aromatic heterocycles. The van der Waals surface area contributed by atoms with Crippen molar-refractivity contribution in [3.05, 3.63) is 121 Å². The third-order valence-electron chi connectivity index (χ3n) is 9.73. The summed E-state index contributed by atoms with van der Waals surface area (Å²) in [4.78, 5) is 0. The van der Waals surface area contributed by atoms with Gasteiger partial charge in [0.05, 0.1) is 5.60 Å². The topological polar surface area (TPSA) is 9.23 Å². The molecule has 0 amide bonds. The van der Waals surface area contributed by atoms with Crippen molar-refractivity contribution in [1.29, 1.82) is 0 Å². The van der Waals surface area contributed by atoms with Gasteiger partial charge in [0.25, 0.3) is 0 Å². The van der Waals surface area contributed by atoms with Crippen molar-refractivity contribution >= 4 is 37.1 Å². The second-order valence-electron chi connectivity index (χ2n) is 11.7. The van der Waals surface area contributed by atoms with Gasteiger partial charge in [-0.3, -0.25) is 0 Å². The largest absolute Gasteiger partial charge is 0.378 e. The van der Waals surface area contributed by atoms with Gasteiger partial charge in [-0.1, -0.05) is 128 Å². The Labute approximate surface area is 237 Å². The highest BCUT2D eigenvalue weighted by molar-refractivity contribution is 7.73. The second-order valence-corrected chi connectivity index (χ2v) is 16.2. The third-order valence-corrected chi connectivity index (χ3v) is 14.9. The minimum Gasteiger partial charge on any atom is -0.378 e. The lowest BCUT2D eigenvalue weighted by atomic mass is 9.50. The average molecular weight is 551 g/mol. The van der Waals surface area contributed by atoms with Crippen LogP contribution < -0.4 is 21.2 Å². The molecule has 2 atom stereocenters. The van der Waals surface area contributed by atoms with Crippen LogP contribution in [0.15, 0.2) is 121 Å². The Bertz CT molecular complexity index is 1240. The summed E-state index contributed by atoms with van der Waals surface area (Å²) in [6.45, 7) is 2.61. The van der Waals surface area contributed by atoms with E-state index in [0.29, 0.717) is 17.3 Å². The summed E-state index contributed by atoms with van der Waals surface area (Å²) in [5.41, 5.74) is 0.352. The average Bonchev–Trinajstić information content (AvgIpc) is 3.01. The quantitative estimate of drug-likeness (QED) is 0.197. The molecule has 3 saturated carbocycles. The van der Waals surface area contributed by atoms with Crippen LogP contribution in [0.25, 0.3) is 0 Å². The van der Waals surface area contributed by atoms with E-state index in [0.717, 1.165) is 0 Å².